The number of piperazine rings is 1. The maximum atomic E-state index is 13.3. The van der Waals surface area contributed by atoms with E-state index in [0.29, 0.717) is 12.1 Å². The predicted octanol–water partition coefficient (Wildman–Crippen LogP) is 5.66. The molecule has 0 radical (unpaired) electrons. The number of carbonyl (C=O) groups is 1. The Morgan fingerprint density at radius 2 is 1.74 bits per heavy atom. The molecule has 0 unspecified atom stereocenters. The second-order valence-corrected chi connectivity index (χ2v) is 17.1. The van der Waals surface area contributed by atoms with Crippen LogP contribution in [0.4, 0.5) is 0 Å². The Balaban J connectivity index is 2.21. The van der Waals surface area contributed by atoms with Gasteiger partial charge in [-0.2, -0.15) is 0 Å². The minimum atomic E-state index is -1.81. The fourth-order valence-corrected chi connectivity index (χ4v) is 7.47. The van der Waals surface area contributed by atoms with E-state index < -0.39 is 8.07 Å². The van der Waals surface area contributed by atoms with Gasteiger partial charge in [0.2, 0.25) is 0 Å². The number of carbonyl (C=O) groups excluding carboxylic acids is 1. The number of benzene rings is 2. The Bertz CT molecular complexity index is 1010. The molecule has 1 aliphatic rings. The fourth-order valence-electron chi connectivity index (χ4n) is 5.20. The summed E-state index contributed by atoms with van der Waals surface area (Å²) in [5, 5.41) is 5.41. The summed E-state index contributed by atoms with van der Waals surface area (Å²) >= 11 is 0. The van der Waals surface area contributed by atoms with Crippen molar-refractivity contribution < 1.29 is 4.79 Å². The van der Waals surface area contributed by atoms with Crippen molar-refractivity contribution in [3.05, 3.63) is 65.2 Å². The van der Waals surface area contributed by atoms with Crippen molar-refractivity contribution in [2.45, 2.75) is 84.7 Å². The molecule has 0 bridgehead atoms. The van der Waals surface area contributed by atoms with Gasteiger partial charge in [-0.3, -0.25) is 9.69 Å². The van der Waals surface area contributed by atoms with Gasteiger partial charge in [-0.05, 0) is 56.0 Å². The Morgan fingerprint density at radius 1 is 1.09 bits per heavy atom. The van der Waals surface area contributed by atoms with Gasteiger partial charge in [-0.15, -0.1) is 0 Å². The van der Waals surface area contributed by atoms with E-state index in [2.05, 4.69) is 100 Å². The summed E-state index contributed by atoms with van der Waals surface area (Å²) in [6, 6.07) is 18.5. The molecule has 35 heavy (non-hydrogen) atoms. The van der Waals surface area contributed by atoms with Gasteiger partial charge in [0.15, 0.2) is 0 Å². The van der Waals surface area contributed by atoms with Crippen molar-refractivity contribution in [1.82, 2.24) is 15.1 Å². The molecule has 0 aliphatic carbocycles. The van der Waals surface area contributed by atoms with Crippen molar-refractivity contribution in [2.75, 3.05) is 26.2 Å². The van der Waals surface area contributed by atoms with Crippen LogP contribution in [0.3, 0.4) is 0 Å². The number of amides is 1. The highest BCUT2D eigenvalue weighted by Gasteiger charge is 2.41. The highest BCUT2D eigenvalue weighted by atomic mass is 28.3. The summed E-state index contributed by atoms with van der Waals surface area (Å²) in [5.74, 6) is 0.120. The first-order valence-electron chi connectivity index (χ1n) is 13.4. The van der Waals surface area contributed by atoms with E-state index in [9.17, 15) is 4.79 Å². The zero-order chi connectivity index (χ0) is 26.0. The first kappa shape index (κ1) is 27.6. The van der Waals surface area contributed by atoms with Crippen molar-refractivity contribution in [2.24, 2.45) is 0 Å². The summed E-state index contributed by atoms with van der Waals surface area (Å²) in [6.07, 6.45) is 0. The average molecular weight is 494 g/mol. The third-order valence-electron chi connectivity index (χ3n) is 8.45. The topological polar surface area (TPSA) is 35.6 Å². The number of nitrogens with one attached hydrogen (secondary N) is 1. The van der Waals surface area contributed by atoms with E-state index in [1.54, 1.807) is 0 Å². The molecular formula is C30H47N3OSi. The van der Waals surface area contributed by atoms with Crippen LogP contribution in [0.5, 0.6) is 0 Å². The van der Waals surface area contributed by atoms with Crippen molar-refractivity contribution >= 4 is 19.2 Å². The van der Waals surface area contributed by atoms with Crippen LogP contribution in [-0.4, -0.2) is 62.0 Å². The van der Waals surface area contributed by atoms with Gasteiger partial charge in [0, 0.05) is 43.8 Å². The van der Waals surface area contributed by atoms with E-state index in [1.165, 1.54) is 16.3 Å². The van der Waals surface area contributed by atoms with Crippen LogP contribution >= 0.6 is 0 Å². The molecule has 3 atom stereocenters. The predicted molar refractivity (Wildman–Crippen MR) is 152 cm³/mol. The monoisotopic (exact) mass is 493 g/mol. The molecule has 1 fully saturated rings. The zero-order valence-electron chi connectivity index (χ0n) is 23.5. The van der Waals surface area contributed by atoms with Crippen LogP contribution in [0.15, 0.2) is 48.5 Å². The molecule has 2 aromatic carbocycles. The molecule has 0 spiro atoms. The van der Waals surface area contributed by atoms with E-state index in [1.807, 2.05) is 24.8 Å². The van der Waals surface area contributed by atoms with Crippen molar-refractivity contribution in [3.8, 4) is 0 Å². The number of rotatable bonds is 7. The molecule has 1 amide bonds. The quantitative estimate of drug-likeness (QED) is 0.506. The normalized spacial score (nSPS) is 20.5. The molecule has 4 nitrogen and oxygen atoms in total. The van der Waals surface area contributed by atoms with E-state index in [4.69, 9.17) is 0 Å². The minimum Gasteiger partial charge on any atom is -0.339 e. The van der Waals surface area contributed by atoms with Crippen LogP contribution < -0.4 is 10.5 Å². The van der Waals surface area contributed by atoms with Gasteiger partial charge < -0.3 is 10.2 Å². The average Bonchev–Trinajstić information content (AvgIpc) is 2.82. The lowest BCUT2D eigenvalue weighted by atomic mass is 9.92. The smallest absolute Gasteiger partial charge is 0.253 e. The molecule has 2 aromatic rings. The molecule has 1 saturated heterocycles. The van der Waals surface area contributed by atoms with Gasteiger partial charge in [-0.25, -0.2) is 0 Å². The summed E-state index contributed by atoms with van der Waals surface area (Å²) in [4.78, 5) is 17.8. The zero-order valence-corrected chi connectivity index (χ0v) is 24.5. The van der Waals surface area contributed by atoms with Gasteiger partial charge >= 0.3 is 0 Å². The first-order valence-corrected chi connectivity index (χ1v) is 16.4. The van der Waals surface area contributed by atoms with Gasteiger partial charge in [-0.1, -0.05) is 75.5 Å². The molecule has 0 aromatic heterocycles. The molecule has 1 heterocycles. The Labute approximate surface area is 215 Å². The standard InChI is InChI=1S/C30H47N3OSi/c1-10-32(11-2)29(34)25-16-14-15-24(19-25)28(33-21-22(3)31-20-23(33)4)26-17-12-13-18-27(26)35(8,9)30(5,6)7/h12-19,22-23,28,31H,10-11,20-21H2,1-9H3/t22-,23+,28-/m1/s1. The second kappa shape index (κ2) is 11.0. The van der Waals surface area contributed by atoms with Gasteiger partial charge in [0.1, 0.15) is 0 Å². The van der Waals surface area contributed by atoms with E-state index >= 15 is 0 Å². The van der Waals surface area contributed by atoms with Crippen LogP contribution in [0, 0.1) is 0 Å². The summed E-state index contributed by atoms with van der Waals surface area (Å²) in [5.41, 5.74) is 3.42. The lowest BCUT2D eigenvalue weighted by Crippen LogP contribution is -2.57. The third-order valence-corrected chi connectivity index (χ3v) is 14.0. The van der Waals surface area contributed by atoms with Crippen LogP contribution in [0.2, 0.25) is 18.1 Å². The van der Waals surface area contributed by atoms with E-state index in [0.717, 1.165) is 31.7 Å². The highest BCUT2D eigenvalue weighted by Crippen LogP contribution is 2.39. The molecule has 3 rings (SSSR count). The molecule has 192 valence electrons. The van der Waals surface area contributed by atoms with Crippen LogP contribution in [0.25, 0.3) is 0 Å². The van der Waals surface area contributed by atoms with Crippen molar-refractivity contribution in [1.29, 1.82) is 0 Å². The maximum absolute atomic E-state index is 13.3. The molecule has 1 aliphatic heterocycles. The van der Waals surface area contributed by atoms with Crippen molar-refractivity contribution in [3.63, 3.8) is 0 Å². The van der Waals surface area contributed by atoms with Crippen LogP contribution in [0.1, 0.15) is 76.0 Å². The van der Waals surface area contributed by atoms with Crippen LogP contribution in [-0.2, 0) is 0 Å². The second-order valence-electron chi connectivity index (χ2n) is 11.8. The summed E-state index contributed by atoms with van der Waals surface area (Å²) in [7, 11) is -1.81. The summed E-state index contributed by atoms with van der Waals surface area (Å²) < 4.78 is 0. The highest BCUT2D eigenvalue weighted by molar-refractivity contribution is 6.92. The molecule has 1 N–H and O–H groups in total. The molecule has 5 heteroatoms. The Hall–Kier alpha value is -1.95. The Morgan fingerprint density at radius 3 is 2.37 bits per heavy atom. The van der Waals surface area contributed by atoms with Gasteiger partial charge in [0.25, 0.3) is 5.91 Å². The molecular weight excluding hydrogens is 446 g/mol. The molecule has 0 saturated carbocycles. The SMILES string of the molecule is CCN(CC)C(=O)c1cccc([C@H](c2ccccc2[Si](C)(C)C(C)(C)C)N2C[C@@H](C)NC[C@@H]2C)c1. The first-order chi connectivity index (χ1) is 16.4. The van der Waals surface area contributed by atoms with Gasteiger partial charge in [0.05, 0.1) is 14.1 Å². The largest absolute Gasteiger partial charge is 0.339 e. The minimum absolute atomic E-state index is 0.115. The number of nitrogens with zero attached hydrogens (tertiary/aromatic N) is 2. The number of hydrogen-bond acceptors (Lipinski definition) is 3. The third kappa shape index (κ3) is 5.73. The fraction of sp³-hybridized carbons (Fsp3) is 0.567. The lowest BCUT2D eigenvalue weighted by Gasteiger charge is -2.46. The number of hydrogen-bond donors (Lipinski definition) is 1. The van der Waals surface area contributed by atoms with E-state index in [-0.39, 0.29) is 17.0 Å². The Kier molecular flexibility index (Phi) is 8.67. The summed E-state index contributed by atoms with van der Waals surface area (Å²) in [6.45, 7) is 24.3. The maximum Gasteiger partial charge on any atom is 0.253 e. The lowest BCUT2D eigenvalue weighted by molar-refractivity contribution is 0.0772.